The highest BCUT2D eigenvalue weighted by Crippen LogP contribution is 2.20. The van der Waals surface area contributed by atoms with Crippen molar-refractivity contribution in [3.63, 3.8) is 0 Å². The molecule has 0 aliphatic heterocycles. The Morgan fingerprint density at radius 2 is 2.12 bits per heavy atom. The Bertz CT molecular complexity index is 364. The fourth-order valence-electron chi connectivity index (χ4n) is 1.44. The summed E-state index contributed by atoms with van der Waals surface area (Å²) in [6.07, 6.45) is 0.899. The van der Waals surface area contributed by atoms with E-state index in [1.807, 2.05) is 25.1 Å². The van der Waals surface area contributed by atoms with Crippen molar-refractivity contribution in [2.24, 2.45) is 5.73 Å². The minimum atomic E-state index is -0.477. The summed E-state index contributed by atoms with van der Waals surface area (Å²) in [5.41, 5.74) is 8.63. The van der Waals surface area contributed by atoms with Gasteiger partial charge in [-0.05, 0) is 31.4 Å². The first-order chi connectivity index (χ1) is 7.06. The maximum atomic E-state index is 11.5. The van der Waals surface area contributed by atoms with Gasteiger partial charge in [-0.3, -0.25) is 4.79 Å². The highest BCUT2D eigenvalue weighted by molar-refractivity contribution is 5.95. The maximum absolute atomic E-state index is 11.5. The van der Waals surface area contributed by atoms with E-state index in [-0.39, 0.29) is 18.3 Å². The van der Waals surface area contributed by atoms with Crippen LogP contribution in [0.4, 0.5) is 5.69 Å². The molecule has 0 saturated carbocycles. The molecule has 3 N–H and O–H groups in total. The normalized spacial score (nSPS) is 11.5. The summed E-state index contributed by atoms with van der Waals surface area (Å²) in [5.74, 6) is -0.140. The Balaban J connectivity index is 0.00000225. The topological polar surface area (TPSA) is 55.1 Å². The zero-order chi connectivity index (χ0) is 11.4. The Kier molecular flexibility index (Phi) is 6.08. The largest absolute Gasteiger partial charge is 0.324 e. The van der Waals surface area contributed by atoms with E-state index in [4.69, 9.17) is 5.73 Å². The number of carbonyl (C=O) groups is 1. The number of anilines is 1. The minimum Gasteiger partial charge on any atom is -0.324 e. The first-order valence-corrected chi connectivity index (χ1v) is 5.21. The second kappa shape index (κ2) is 6.51. The summed E-state index contributed by atoms with van der Waals surface area (Å²) in [5, 5.41) is 2.87. The highest BCUT2D eigenvalue weighted by atomic mass is 35.5. The van der Waals surface area contributed by atoms with Crippen molar-refractivity contribution in [2.75, 3.05) is 5.32 Å². The van der Waals surface area contributed by atoms with Gasteiger partial charge >= 0.3 is 0 Å². The lowest BCUT2D eigenvalue weighted by Gasteiger charge is -2.14. The number of nitrogens with two attached hydrogens (primary N) is 1. The van der Waals surface area contributed by atoms with Crippen LogP contribution < -0.4 is 11.1 Å². The summed E-state index contributed by atoms with van der Waals surface area (Å²) >= 11 is 0. The van der Waals surface area contributed by atoms with Gasteiger partial charge in [0.1, 0.15) is 0 Å². The number of amides is 1. The predicted molar refractivity (Wildman–Crippen MR) is 70.1 cm³/mol. The maximum Gasteiger partial charge on any atom is 0.241 e. The Morgan fingerprint density at radius 3 is 2.62 bits per heavy atom. The predicted octanol–water partition coefficient (Wildman–Crippen LogP) is 2.26. The second-order valence-electron chi connectivity index (χ2n) is 3.74. The number of para-hydroxylation sites is 1. The van der Waals surface area contributed by atoms with Crippen molar-refractivity contribution in [1.82, 2.24) is 0 Å². The van der Waals surface area contributed by atoms with Gasteiger partial charge in [0.2, 0.25) is 5.91 Å². The lowest BCUT2D eigenvalue weighted by molar-refractivity contribution is -0.117. The van der Waals surface area contributed by atoms with Crippen LogP contribution in [0.5, 0.6) is 0 Å². The van der Waals surface area contributed by atoms with E-state index in [0.717, 1.165) is 23.2 Å². The van der Waals surface area contributed by atoms with Crippen molar-refractivity contribution >= 4 is 24.0 Å². The summed E-state index contributed by atoms with van der Waals surface area (Å²) in [7, 11) is 0. The average molecular weight is 243 g/mol. The van der Waals surface area contributed by atoms with Crippen LogP contribution >= 0.6 is 12.4 Å². The fourth-order valence-corrected chi connectivity index (χ4v) is 1.44. The minimum absolute atomic E-state index is 0. The van der Waals surface area contributed by atoms with Crippen molar-refractivity contribution < 1.29 is 4.79 Å². The number of nitrogens with one attached hydrogen (secondary N) is 1. The van der Waals surface area contributed by atoms with E-state index in [2.05, 4.69) is 12.2 Å². The summed E-state index contributed by atoms with van der Waals surface area (Å²) < 4.78 is 0. The van der Waals surface area contributed by atoms with Gasteiger partial charge in [-0.1, -0.05) is 25.1 Å². The molecule has 0 radical (unpaired) electrons. The van der Waals surface area contributed by atoms with Crippen LogP contribution in [0.1, 0.15) is 25.0 Å². The first-order valence-electron chi connectivity index (χ1n) is 5.21. The number of rotatable bonds is 3. The van der Waals surface area contributed by atoms with Gasteiger partial charge in [-0.25, -0.2) is 0 Å². The zero-order valence-corrected chi connectivity index (χ0v) is 10.7. The lowest BCUT2D eigenvalue weighted by Crippen LogP contribution is -2.33. The molecule has 0 saturated heterocycles. The standard InChI is InChI=1S/C12H18N2O.ClH/c1-4-10-7-5-6-8(2)11(10)14-12(15)9(3)13;/h5-7,9H,4,13H2,1-3H3,(H,14,15);1H/t9-;/m0./s1. The van der Waals surface area contributed by atoms with E-state index in [0.29, 0.717) is 0 Å². The van der Waals surface area contributed by atoms with E-state index in [1.165, 1.54) is 0 Å². The Hall–Kier alpha value is -1.06. The van der Waals surface area contributed by atoms with Gasteiger partial charge in [0.25, 0.3) is 0 Å². The number of benzene rings is 1. The molecule has 0 aliphatic rings. The van der Waals surface area contributed by atoms with Crippen LogP contribution in [-0.4, -0.2) is 11.9 Å². The molecule has 0 fully saturated rings. The number of carbonyl (C=O) groups excluding carboxylic acids is 1. The van der Waals surface area contributed by atoms with Crippen molar-refractivity contribution in [3.8, 4) is 0 Å². The molecule has 1 rings (SSSR count). The molecule has 0 bridgehead atoms. The van der Waals surface area contributed by atoms with Crippen LogP contribution in [0.25, 0.3) is 0 Å². The van der Waals surface area contributed by atoms with Crippen LogP contribution in [-0.2, 0) is 11.2 Å². The summed E-state index contributed by atoms with van der Waals surface area (Å²) in [4.78, 5) is 11.5. The SMILES string of the molecule is CCc1cccc(C)c1NC(=O)[C@H](C)N.Cl. The molecule has 1 atom stereocenters. The third kappa shape index (κ3) is 3.51. The van der Waals surface area contributed by atoms with Gasteiger partial charge in [-0.15, -0.1) is 12.4 Å². The number of hydrogen-bond donors (Lipinski definition) is 2. The van der Waals surface area contributed by atoms with Crippen molar-refractivity contribution in [2.45, 2.75) is 33.2 Å². The van der Waals surface area contributed by atoms with Crippen LogP contribution in [0, 0.1) is 6.92 Å². The molecule has 1 amide bonds. The first kappa shape index (κ1) is 14.9. The van der Waals surface area contributed by atoms with E-state index >= 15 is 0 Å². The average Bonchev–Trinajstić information content (AvgIpc) is 2.20. The van der Waals surface area contributed by atoms with Gasteiger partial charge in [0.05, 0.1) is 6.04 Å². The van der Waals surface area contributed by atoms with Crippen LogP contribution in [0.2, 0.25) is 0 Å². The van der Waals surface area contributed by atoms with Gasteiger partial charge in [0, 0.05) is 5.69 Å². The van der Waals surface area contributed by atoms with E-state index in [9.17, 15) is 4.79 Å². The molecule has 90 valence electrons. The van der Waals surface area contributed by atoms with Crippen LogP contribution in [0.3, 0.4) is 0 Å². The molecule has 16 heavy (non-hydrogen) atoms. The molecule has 1 aromatic rings. The number of aryl methyl sites for hydroxylation is 2. The molecule has 0 heterocycles. The van der Waals surface area contributed by atoms with Gasteiger partial charge < -0.3 is 11.1 Å². The summed E-state index contributed by atoms with van der Waals surface area (Å²) in [6.45, 7) is 5.73. The monoisotopic (exact) mass is 242 g/mol. The van der Waals surface area contributed by atoms with E-state index in [1.54, 1.807) is 6.92 Å². The fraction of sp³-hybridized carbons (Fsp3) is 0.417. The second-order valence-corrected chi connectivity index (χ2v) is 3.74. The van der Waals surface area contributed by atoms with Crippen molar-refractivity contribution in [1.29, 1.82) is 0 Å². The quantitative estimate of drug-likeness (QED) is 0.854. The van der Waals surface area contributed by atoms with Crippen molar-refractivity contribution in [3.05, 3.63) is 29.3 Å². The molecule has 0 aliphatic carbocycles. The molecular weight excluding hydrogens is 224 g/mol. The molecule has 0 aromatic heterocycles. The van der Waals surface area contributed by atoms with Gasteiger partial charge in [-0.2, -0.15) is 0 Å². The third-order valence-electron chi connectivity index (χ3n) is 2.40. The third-order valence-corrected chi connectivity index (χ3v) is 2.40. The zero-order valence-electron chi connectivity index (χ0n) is 9.91. The summed E-state index contributed by atoms with van der Waals surface area (Å²) in [6, 6.07) is 5.52. The molecular formula is C12H19ClN2O. The van der Waals surface area contributed by atoms with Gasteiger partial charge in [0.15, 0.2) is 0 Å². The molecule has 1 aromatic carbocycles. The Morgan fingerprint density at radius 1 is 1.50 bits per heavy atom. The number of hydrogen-bond acceptors (Lipinski definition) is 2. The van der Waals surface area contributed by atoms with E-state index < -0.39 is 6.04 Å². The Labute approximate surface area is 103 Å². The highest BCUT2D eigenvalue weighted by Gasteiger charge is 2.11. The molecule has 3 nitrogen and oxygen atoms in total. The number of halogens is 1. The molecule has 0 unspecified atom stereocenters. The smallest absolute Gasteiger partial charge is 0.241 e. The molecule has 4 heteroatoms. The van der Waals surface area contributed by atoms with Crippen LogP contribution in [0.15, 0.2) is 18.2 Å². The molecule has 0 spiro atoms. The lowest BCUT2D eigenvalue weighted by atomic mass is 10.1.